The van der Waals surface area contributed by atoms with Gasteiger partial charge in [-0.25, -0.2) is 0 Å². The van der Waals surface area contributed by atoms with Gasteiger partial charge in [-0.1, -0.05) is 0 Å². The van der Waals surface area contributed by atoms with E-state index in [0.717, 1.165) is 6.54 Å². The molecule has 0 aromatic heterocycles. The number of nitrogens with one attached hydrogen (secondary N) is 1. The first-order valence-electron chi connectivity index (χ1n) is 5.07. The summed E-state index contributed by atoms with van der Waals surface area (Å²) in [6.45, 7) is 7.87. The summed E-state index contributed by atoms with van der Waals surface area (Å²) in [7, 11) is 0. The number of hydrogen-bond donors (Lipinski definition) is 1. The molecule has 3 nitrogen and oxygen atoms in total. The van der Waals surface area contributed by atoms with Crippen LogP contribution in [-0.4, -0.2) is 37.0 Å². The molecule has 13 heavy (non-hydrogen) atoms. The molecule has 1 saturated heterocycles. The highest BCUT2D eigenvalue weighted by Gasteiger charge is 2.43. The molecule has 1 N–H and O–H groups in total. The molecule has 2 rings (SSSR count). The fourth-order valence-electron chi connectivity index (χ4n) is 1.56. The van der Waals surface area contributed by atoms with Crippen molar-refractivity contribution in [1.29, 1.82) is 0 Å². The molecule has 0 spiro atoms. The minimum absolute atomic E-state index is 0.0518. The Balaban J connectivity index is 1.70. The van der Waals surface area contributed by atoms with Crippen LogP contribution in [0.3, 0.4) is 0 Å². The molecule has 0 aromatic rings. The normalized spacial score (nSPS) is 38.5. The zero-order valence-electron chi connectivity index (χ0n) is 8.67. The maximum absolute atomic E-state index is 5.77. The minimum Gasteiger partial charge on any atom is -0.373 e. The summed E-state index contributed by atoms with van der Waals surface area (Å²) < 4.78 is 11.4. The van der Waals surface area contributed by atoms with Crippen molar-refractivity contribution >= 4 is 0 Å². The van der Waals surface area contributed by atoms with Gasteiger partial charge < -0.3 is 14.8 Å². The van der Waals surface area contributed by atoms with E-state index in [1.165, 1.54) is 6.42 Å². The van der Waals surface area contributed by atoms with Crippen molar-refractivity contribution in [2.24, 2.45) is 0 Å². The first-order chi connectivity index (χ1) is 6.04. The van der Waals surface area contributed by atoms with Crippen molar-refractivity contribution in [3.05, 3.63) is 0 Å². The van der Waals surface area contributed by atoms with Gasteiger partial charge in [0, 0.05) is 12.6 Å². The third kappa shape index (κ3) is 2.66. The van der Waals surface area contributed by atoms with E-state index >= 15 is 0 Å². The lowest BCUT2D eigenvalue weighted by Crippen LogP contribution is -2.42. The van der Waals surface area contributed by atoms with Gasteiger partial charge in [-0.2, -0.15) is 0 Å². The molecule has 0 aromatic carbocycles. The molecule has 2 fully saturated rings. The zero-order chi connectivity index (χ0) is 9.47. The highest BCUT2D eigenvalue weighted by Crippen LogP contribution is 2.30. The molecule has 76 valence electrons. The third-order valence-electron chi connectivity index (χ3n) is 2.41. The van der Waals surface area contributed by atoms with Crippen LogP contribution in [0.25, 0.3) is 0 Å². The molecule has 0 radical (unpaired) electrons. The first kappa shape index (κ1) is 9.44. The monoisotopic (exact) mass is 185 g/mol. The lowest BCUT2D eigenvalue weighted by atomic mass is 10.2. The molecule has 1 aliphatic heterocycles. The lowest BCUT2D eigenvalue weighted by Gasteiger charge is -2.27. The topological polar surface area (TPSA) is 30.5 Å². The van der Waals surface area contributed by atoms with Crippen LogP contribution in [0.1, 0.15) is 27.2 Å². The molecule has 1 heterocycles. The Morgan fingerprint density at radius 1 is 1.46 bits per heavy atom. The van der Waals surface area contributed by atoms with E-state index in [1.54, 1.807) is 0 Å². The molecule has 0 amide bonds. The number of rotatable bonds is 2. The second-order valence-electron chi connectivity index (χ2n) is 4.97. The van der Waals surface area contributed by atoms with Gasteiger partial charge in [0.05, 0.1) is 24.4 Å². The predicted octanol–water partition coefficient (Wildman–Crippen LogP) is 0.931. The van der Waals surface area contributed by atoms with Crippen molar-refractivity contribution < 1.29 is 9.47 Å². The van der Waals surface area contributed by atoms with Crippen molar-refractivity contribution in [1.82, 2.24) is 5.32 Å². The van der Waals surface area contributed by atoms with Gasteiger partial charge in [-0.05, 0) is 27.2 Å². The van der Waals surface area contributed by atoms with Crippen LogP contribution in [0.15, 0.2) is 0 Å². The number of fused-ring (bicyclic) bond motifs is 1. The number of ether oxygens (including phenoxy) is 2. The van der Waals surface area contributed by atoms with E-state index in [9.17, 15) is 0 Å². The summed E-state index contributed by atoms with van der Waals surface area (Å²) in [4.78, 5) is 0. The Morgan fingerprint density at radius 2 is 2.23 bits per heavy atom. The minimum atomic E-state index is -0.0518. The number of hydrogen-bond acceptors (Lipinski definition) is 3. The second-order valence-corrected chi connectivity index (χ2v) is 4.97. The van der Waals surface area contributed by atoms with Gasteiger partial charge in [0.2, 0.25) is 0 Å². The largest absolute Gasteiger partial charge is 0.373 e. The van der Waals surface area contributed by atoms with Gasteiger partial charge in [0.15, 0.2) is 0 Å². The van der Waals surface area contributed by atoms with E-state index in [-0.39, 0.29) is 11.7 Å². The molecular weight excluding hydrogens is 166 g/mol. The average Bonchev–Trinajstić information content (AvgIpc) is 2.76. The number of morpholine rings is 1. The SMILES string of the molecule is CC(C)(C)OC[C@H]1CN[C@H]2C[C@H]2O1. The summed E-state index contributed by atoms with van der Waals surface area (Å²) in [6.07, 6.45) is 1.91. The second kappa shape index (κ2) is 3.23. The standard InChI is InChI=1S/C10H19NO2/c1-10(2,3)12-6-7-5-11-8-4-9(8)13-7/h7-9,11H,4-6H2,1-3H3/t7-,8+,9-/m1/s1. The summed E-state index contributed by atoms with van der Waals surface area (Å²) >= 11 is 0. The van der Waals surface area contributed by atoms with Crippen molar-refractivity contribution in [2.45, 2.75) is 51.0 Å². The molecule has 1 aliphatic carbocycles. The van der Waals surface area contributed by atoms with Crippen molar-refractivity contribution in [2.75, 3.05) is 13.2 Å². The van der Waals surface area contributed by atoms with Crippen molar-refractivity contribution in [3.63, 3.8) is 0 Å². The Labute approximate surface area is 79.8 Å². The van der Waals surface area contributed by atoms with E-state index in [0.29, 0.717) is 18.8 Å². The van der Waals surface area contributed by atoms with Crippen LogP contribution in [0.4, 0.5) is 0 Å². The van der Waals surface area contributed by atoms with E-state index in [4.69, 9.17) is 9.47 Å². The van der Waals surface area contributed by atoms with E-state index < -0.39 is 0 Å². The van der Waals surface area contributed by atoms with Crippen LogP contribution in [-0.2, 0) is 9.47 Å². The lowest BCUT2D eigenvalue weighted by molar-refractivity contribution is -0.0856. The molecule has 3 heteroatoms. The summed E-state index contributed by atoms with van der Waals surface area (Å²) in [6, 6.07) is 0.644. The Morgan fingerprint density at radius 3 is 2.85 bits per heavy atom. The average molecular weight is 185 g/mol. The quantitative estimate of drug-likeness (QED) is 0.694. The van der Waals surface area contributed by atoms with Crippen LogP contribution in [0.5, 0.6) is 0 Å². The van der Waals surface area contributed by atoms with Gasteiger partial charge in [0.25, 0.3) is 0 Å². The van der Waals surface area contributed by atoms with Crippen LogP contribution < -0.4 is 5.32 Å². The van der Waals surface area contributed by atoms with E-state index in [2.05, 4.69) is 26.1 Å². The van der Waals surface area contributed by atoms with Gasteiger partial charge in [-0.15, -0.1) is 0 Å². The van der Waals surface area contributed by atoms with Crippen LogP contribution in [0.2, 0.25) is 0 Å². The van der Waals surface area contributed by atoms with Gasteiger partial charge >= 0.3 is 0 Å². The third-order valence-corrected chi connectivity index (χ3v) is 2.41. The highest BCUT2D eigenvalue weighted by molar-refractivity contribution is 4.99. The fourth-order valence-corrected chi connectivity index (χ4v) is 1.56. The van der Waals surface area contributed by atoms with Gasteiger partial charge in [0.1, 0.15) is 0 Å². The molecule has 0 bridgehead atoms. The molecular formula is C10H19NO2. The highest BCUT2D eigenvalue weighted by atomic mass is 16.6. The summed E-state index contributed by atoms with van der Waals surface area (Å²) in [5.41, 5.74) is -0.0518. The Hall–Kier alpha value is -0.120. The smallest absolute Gasteiger partial charge is 0.0937 e. The molecule has 3 atom stereocenters. The summed E-state index contributed by atoms with van der Waals surface area (Å²) in [5, 5.41) is 3.44. The van der Waals surface area contributed by atoms with Crippen LogP contribution in [0, 0.1) is 0 Å². The molecule has 0 unspecified atom stereocenters. The maximum atomic E-state index is 5.77. The Kier molecular flexibility index (Phi) is 2.34. The molecule has 2 aliphatic rings. The predicted molar refractivity (Wildman–Crippen MR) is 50.8 cm³/mol. The Bertz CT molecular complexity index is 188. The maximum Gasteiger partial charge on any atom is 0.0937 e. The van der Waals surface area contributed by atoms with Gasteiger partial charge in [-0.3, -0.25) is 0 Å². The van der Waals surface area contributed by atoms with E-state index in [1.807, 2.05) is 0 Å². The zero-order valence-corrected chi connectivity index (χ0v) is 8.67. The van der Waals surface area contributed by atoms with Crippen molar-refractivity contribution in [3.8, 4) is 0 Å². The fraction of sp³-hybridized carbons (Fsp3) is 1.00. The molecule has 1 saturated carbocycles. The van der Waals surface area contributed by atoms with Crippen LogP contribution >= 0.6 is 0 Å². The summed E-state index contributed by atoms with van der Waals surface area (Å²) in [5.74, 6) is 0. The first-order valence-corrected chi connectivity index (χ1v) is 5.07.